The summed E-state index contributed by atoms with van der Waals surface area (Å²) in [6, 6.07) is 25.0. The van der Waals surface area contributed by atoms with Gasteiger partial charge in [0.15, 0.2) is 0 Å². The zero-order valence-electron chi connectivity index (χ0n) is 17.3. The number of hydrogen-bond acceptors (Lipinski definition) is 3. The summed E-state index contributed by atoms with van der Waals surface area (Å²) in [5.41, 5.74) is 3.28. The molecule has 0 spiro atoms. The Labute approximate surface area is 178 Å². The molecule has 154 valence electrons. The van der Waals surface area contributed by atoms with Crippen LogP contribution in [0.5, 0.6) is 11.5 Å². The van der Waals surface area contributed by atoms with Gasteiger partial charge in [0.25, 0.3) is 5.91 Å². The molecule has 0 saturated carbocycles. The molecule has 4 nitrogen and oxygen atoms in total. The van der Waals surface area contributed by atoms with Crippen LogP contribution in [0.3, 0.4) is 0 Å². The summed E-state index contributed by atoms with van der Waals surface area (Å²) in [5, 5.41) is 2.95. The highest BCUT2D eigenvalue weighted by molar-refractivity contribution is 6.06. The predicted octanol–water partition coefficient (Wildman–Crippen LogP) is 5.91. The van der Waals surface area contributed by atoms with Crippen molar-refractivity contribution in [1.29, 1.82) is 0 Å². The molecule has 0 atom stereocenters. The molecule has 0 fully saturated rings. The van der Waals surface area contributed by atoms with Crippen molar-refractivity contribution >= 4 is 11.6 Å². The molecular weight excluding hydrogens is 374 g/mol. The van der Waals surface area contributed by atoms with Crippen molar-refractivity contribution in [1.82, 2.24) is 0 Å². The van der Waals surface area contributed by atoms with Crippen molar-refractivity contribution in [3.8, 4) is 11.5 Å². The number of anilines is 1. The molecule has 3 aromatic rings. The first-order valence-corrected chi connectivity index (χ1v) is 10.1. The summed E-state index contributed by atoms with van der Waals surface area (Å²) in [5.74, 6) is 0.936. The van der Waals surface area contributed by atoms with E-state index in [0.717, 1.165) is 18.4 Å². The molecule has 3 rings (SSSR count). The number of nitrogens with one attached hydrogen (secondary N) is 1. The standard InChI is InChI=1S/C26H27NO3/c1-20(2)19-30-24-16-8-6-14-22(24)26(28)27-23-15-7-9-17-25(23)29-18-10-13-21-11-4-3-5-12-21/h3-9,11-12,14-17H,1,10,13,18-19H2,2H3,(H,27,28). The molecule has 0 heterocycles. The molecule has 1 N–H and O–H groups in total. The highest BCUT2D eigenvalue weighted by Crippen LogP contribution is 2.26. The van der Waals surface area contributed by atoms with Crippen LogP contribution < -0.4 is 14.8 Å². The van der Waals surface area contributed by atoms with E-state index in [0.29, 0.717) is 36.0 Å². The van der Waals surface area contributed by atoms with Crippen LogP contribution in [0.15, 0.2) is 91.0 Å². The first-order valence-electron chi connectivity index (χ1n) is 10.1. The van der Waals surface area contributed by atoms with Crippen molar-refractivity contribution in [3.63, 3.8) is 0 Å². The third kappa shape index (κ3) is 6.24. The molecule has 3 aromatic carbocycles. The van der Waals surface area contributed by atoms with E-state index in [9.17, 15) is 4.79 Å². The Kier molecular flexibility index (Phi) is 7.67. The first-order chi connectivity index (χ1) is 14.6. The smallest absolute Gasteiger partial charge is 0.259 e. The summed E-state index contributed by atoms with van der Waals surface area (Å²) in [6.45, 7) is 6.66. The average Bonchev–Trinajstić information content (AvgIpc) is 2.77. The van der Waals surface area contributed by atoms with Gasteiger partial charge in [-0.25, -0.2) is 0 Å². The summed E-state index contributed by atoms with van der Waals surface area (Å²) >= 11 is 0. The van der Waals surface area contributed by atoms with Gasteiger partial charge in [-0.2, -0.15) is 0 Å². The lowest BCUT2D eigenvalue weighted by atomic mass is 10.1. The van der Waals surface area contributed by atoms with E-state index >= 15 is 0 Å². The topological polar surface area (TPSA) is 47.6 Å². The fraction of sp³-hybridized carbons (Fsp3) is 0.192. The van der Waals surface area contributed by atoms with Crippen molar-refractivity contribution < 1.29 is 14.3 Å². The van der Waals surface area contributed by atoms with Crippen LogP contribution in [-0.2, 0) is 6.42 Å². The maximum absolute atomic E-state index is 12.9. The van der Waals surface area contributed by atoms with Gasteiger partial charge >= 0.3 is 0 Å². The molecule has 4 heteroatoms. The van der Waals surface area contributed by atoms with Crippen LogP contribution in [0.4, 0.5) is 5.69 Å². The van der Waals surface area contributed by atoms with Gasteiger partial charge in [-0.05, 0) is 55.2 Å². The van der Waals surface area contributed by atoms with E-state index in [1.165, 1.54) is 5.56 Å². The zero-order chi connectivity index (χ0) is 21.2. The maximum atomic E-state index is 12.9. The van der Waals surface area contributed by atoms with Gasteiger partial charge in [0, 0.05) is 0 Å². The Hall–Kier alpha value is -3.53. The molecule has 0 unspecified atom stereocenters. The summed E-state index contributed by atoms with van der Waals surface area (Å²) in [4.78, 5) is 12.9. The minimum absolute atomic E-state index is 0.243. The molecule has 0 bridgehead atoms. The number of hydrogen-bond donors (Lipinski definition) is 1. The summed E-state index contributed by atoms with van der Waals surface area (Å²) in [7, 11) is 0. The normalized spacial score (nSPS) is 10.3. The predicted molar refractivity (Wildman–Crippen MR) is 121 cm³/mol. The van der Waals surface area contributed by atoms with Crippen molar-refractivity contribution in [2.75, 3.05) is 18.5 Å². The summed E-state index contributed by atoms with van der Waals surface area (Å²) in [6.07, 6.45) is 1.84. The Morgan fingerprint density at radius 1 is 0.867 bits per heavy atom. The lowest BCUT2D eigenvalue weighted by Crippen LogP contribution is -2.15. The second kappa shape index (κ2) is 10.9. The highest BCUT2D eigenvalue weighted by Gasteiger charge is 2.14. The molecule has 0 aliphatic heterocycles. The average molecular weight is 402 g/mol. The molecule has 1 amide bonds. The van der Waals surface area contributed by atoms with Crippen molar-refractivity contribution in [3.05, 3.63) is 102 Å². The Balaban J connectivity index is 1.62. The quantitative estimate of drug-likeness (QED) is 0.340. The zero-order valence-corrected chi connectivity index (χ0v) is 17.3. The molecule has 0 saturated heterocycles. The van der Waals surface area contributed by atoms with E-state index < -0.39 is 0 Å². The summed E-state index contributed by atoms with van der Waals surface area (Å²) < 4.78 is 11.7. The molecule has 0 aliphatic rings. The third-order valence-electron chi connectivity index (χ3n) is 4.45. The SMILES string of the molecule is C=C(C)COc1ccccc1C(=O)Nc1ccccc1OCCCc1ccccc1. The van der Waals surface area contributed by atoms with Crippen LogP contribution in [0.1, 0.15) is 29.3 Å². The molecule has 0 aromatic heterocycles. The number of carbonyl (C=O) groups is 1. The molecular formula is C26H27NO3. The number of amides is 1. The van der Waals surface area contributed by atoms with Crippen LogP contribution in [0.25, 0.3) is 0 Å². The number of ether oxygens (including phenoxy) is 2. The molecule has 30 heavy (non-hydrogen) atoms. The third-order valence-corrected chi connectivity index (χ3v) is 4.45. The number of aryl methyl sites for hydroxylation is 1. The van der Waals surface area contributed by atoms with Crippen molar-refractivity contribution in [2.24, 2.45) is 0 Å². The lowest BCUT2D eigenvalue weighted by molar-refractivity contribution is 0.102. The number of carbonyl (C=O) groups excluding carboxylic acids is 1. The second-order valence-electron chi connectivity index (χ2n) is 7.13. The van der Waals surface area contributed by atoms with Gasteiger partial charge in [-0.1, -0.05) is 61.2 Å². The van der Waals surface area contributed by atoms with Crippen molar-refractivity contribution in [2.45, 2.75) is 19.8 Å². The van der Waals surface area contributed by atoms with E-state index in [-0.39, 0.29) is 5.91 Å². The molecule has 0 aliphatic carbocycles. The van der Waals surface area contributed by atoms with E-state index in [1.807, 2.05) is 61.5 Å². The van der Waals surface area contributed by atoms with Crippen LogP contribution in [0.2, 0.25) is 0 Å². The fourth-order valence-electron chi connectivity index (χ4n) is 2.97. The molecule has 0 radical (unpaired) electrons. The number of para-hydroxylation sites is 3. The van der Waals surface area contributed by atoms with Gasteiger partial charge in [-0.15, -0.1) is 0 Å². The minimum atomic E-state index is -0.243. The Morgan fingerprint density at radius 2 is 1.53 bits per heavy atom. The number of rotatable bonds is 10. The van der Waals surface area contributed by atoms with Gasteiger partial charge in [0.2, 0.25) is 0 Å². The van der Waals surface area contributed by atoms with Gasteiger partial charge < -0.3 is 14.8 Å². The second-order valence-corrected chi connectivity index (χ2v) is 7.13. The Morgan fingerprint density at radius 3 is 2.30 bits per heavy atom. The van der Waals surface area contributed by atoms with Gasteiger partial charge in [0.1, 0.15) is 18.1 Å². The van der Waals surface area contributed by atoms with Crippen LogP contribution >= 0.6 is 0 Å². The largest absolute Gasteiger partial charge is 0.491 e. The van der Waals surface area contributed by atoms with Gasteiger partial charge in [0.05, 0.1) is 17.9 Å². The lowest BCUT2D eigenvalue weighted by Gasteiger charge is -2.14. The van der Waals surface area contributed by atoms with Crippen LogP contribution in [0, 0.1) is 0 Å². The highest BCUT2D eigenvalue weighted by atomic mass is 16.5. The fourth-order valence-corrected chi connectivity index (χ4v) is 2.97. The number of benzene rings is 3. The van der Waals surface area contributed by atoms with Gasteiger partial charge in [-0.3, -0.25) is 4.79 Å². The van der Waals surface area contributed by atoms with E-state index in [2.05, 4.69) is 24.0 Å². The van der Waals surface area contributed by atoms with E-state index in [1.54, 1.807) is 12.1 Å². The Bertz CT molecular complexity index is 982. The first kappa shape index (κ1) is 21.2. The minimum Gasteiger partial charge on any atom is -0.491 e. The monoisotopic (exact) mass is 401 g/mol. The van der Waals surface area contributed by atoms with Crippen LogP contribution in [-0.4, -0.2) is 19.1 Å². The maximum Gasteiger partial charge on any atom is 0.259 e. The van der Waals surface area contributed by atoms with E-state index in [4.69, 9.17) is 9.47 Å².